The number of amides is 2. The van der Waals surface area contributed by atoms with E-state index in [1.165, 1.54) is 5.56 Å². The summed E-state index contributed by atoms with van der Waals surface area (Å²) in [6, 6.07) is 14.0. The second kappa shape index (κ2) is 10.0. The van der Waals surface area contributed by atoms with E-state index in [-0.39, 0.29) is 6.03 Å². The number of piperazine rings is 1. The minimum Gasteiger partial charge on any atom is -0.334 e. The standard InChI is InChI=1S/C21H29N5O/c1-2-25-11-13-26(14-12-25)17-19-8-6-18(7-9-19)15-23-21(27)24-16-20-5-3-4-10-22-20/h3-10H,2,11-17H2,1H3,(H2,23,24,27). The van der Waals surface area contributed by atoms with Crippen LogP contribution >= 0.6 is 0 Å². The van der Waals surface area contributed by atoms with E-state index in [0.29, 0.717) is 13.1 Å². The van der Waals surface area contributed by atoms with Gasteiger partial charge in [0.15, 0.2) is 0 Å². The van der Waals surface area contributed by atoms with Crippen molar-refractivity contribution in [3.05, 3.63) is 65.5 Å². The van der Waals surface area contributed by atoms with Crippen molar-refractivity contribution in [1.82, 2.24) is 25.4 Å². The molecule has 1 aliphatic heterocycles. The van der Waals surface area contributed by atoms with Crippen molar-refractivity contribution in [3.63, 3.8) is 0 Å². The Morgan fingerprint density at radius 3 is 2.26 bits per heavy atom. The normalized spacial score (nSPS) is 15.4. The van der Waals surface area contributed by atoms with Crippen molar-refractivity contribution in [2.75, 3.05) is 32.7 Å². The van der Waals surface area contributed by atoms with E-state index in [0.717, 1.165) is 50.5 Å². The highest BCUT2D eigenvalue weighted by Crippen LogP contribution is 2.10. The summed E-state index contributed by atoms with van der Waals surface area (Å²) in [4.78, 5) is 21.1. The zero-order valence-corrected chi connectivity index (χ0v) is 16.0. The zero-order valence-electron chi connectivity index (χ0n) is 16.0. The van der Waals surface area contributed by atoms with Gasteiger partial charge < -0.3 is 15.5 Å². The van der Waals surface area contributed by atoms with Gasteiger partial charge in [0.2, 0.25) is 0 Å². The van der Waals surface area contributed by atoms with Crippen LogP contribution < -0.4 is 10.6 Å². The predicted octanol–water partition coefficient (Wildman–Crippen LogP) is 2.22. The largest absolute Gasteiger partial charge is 0.334 e. The second-order valence-electron chi connectivity index (χ2n) is 6.88. The summed E-state index contributed by atoms with van der Waals surface area (Å²) in [5, 5.41) is 5.71. The lowest BCUT2D eigenvalue weighted by atomic mass is 10.1. The number of hydrogen-bond acceptors (Lipinski definition) is 4. The number of carbonyl (C=O) groups excluding carboxylic acids is 1. The molecule has 144 valence electrons. The molecule has 1 aromatic carbocycles. The summed E-state index contributed by atoms with van der Waals surface area (Å²) < 4.78 is 0. The lowest BCUT2D eigenvalue weighted by molar-refractivity contribution is 0.132. The van der Waals surface area contributed by atoms with Gasteiger partial charge in [0, 0.05) is 45.5 Å². The molecular weight excluding hydrogens is 338 g/mol. The molecule has 2 amide bonds. The van der Waals surface area contributed by atoms with Crippen LogP contribution in [0, 0.1) is 0 Å². The van der Waals surface area contributed by atoms with Crippen LogP contribution in [0.4, 0.5) is 4.79 Å². The second-order valence-corrected chi connectivity index (χ2v) is 6.88. The Morgan fingerprint density at radius 1 is 0.926 bits per heavy atom. The molecule has 0 radical (unpaired) electrons. The molecular formula is C21H29N5O. The maximum atomic E-state index is 11.9. The number of nitrogens with zero attached hydrogens (tertiary/aromatic N) is 3. The topological polar surface area (TPSA) is 60.5 Å². The van der Waals surface area contributed by atoms with Gasteiger partial charge in [0.05, 0.1) is 12.2 Å². The molecule has 1 aliphatic rings. The van der Waals surface area contributed by atoms with Gasteiger partial charge in [0.25, 0.3) is 0 Å². The molecule has 3 rings (SSSR count). The smallest absolute Gasteiger partial charge is 0.315 e. The molecule has 6 heteroatoms. The molecule has 0 aliphatic carbocycles. The highest BCUT2D eigenvalue weighted by atomic mass is 16.2. The molecule has 0 unspecified atom stereocenters. The van der Waals surface area contributed by atoms with E-state index in [1.807, 2.05) is 18.2 Å². The van der Waals surface area contributed by atoms with Crippen molar-refractivity contribution < 1.29 is 4.79 Å². The summed E-state index contributed by atoms with van der Waals surface area (Å²) in [6.07, 6.45) is 1.72. The Kier molecular flexibility index (Phi) is 7.19. The monoisotopic (exact) mass is 367 g/mol. The Balaban J connectivity index is 1.38. The van der Waals surface area contributed by atoms with Crippen LogP contribution in [-0.2, 0) is 19.6 Å². The zero-order chi connectivity index (χ0) is 18.9. The average molecular weight is 367 g/mol. The molecule has 1 saturated heterocycles. The van der Waals surface area contributed by atoms with Crippen molar-refractivity contribution in [1.29, 1.82) is 0 Å². The van der Waals surface area contributed by atoms with Gasteiger partial charge >= 0.3 is 6.03 Å². The maximum Gasteiger partial charge on any atom is 0.315 e. The first-order valence-corrected chi connectivity index (χ1v) is 9.67. The molecule has 6 nitrogen and oxygen atoms in total. The summed E-state index contributed by atoms with van der Waals surface area (Å²) in [5.74, 6) is 0. The number of benzene rings is 1. The van der Waals surface area contributed by atoms with Crippen LogP contribution in [0.1, 0.15) is 23.7 Å². The first-order chi connectivity index (χ1) is 13.2. The first kappa shape index (κ1) is 19.3. The molecule has 2 aromatic rings. The summed E-state index contributed by atoms with van der Waals surface area (Å²) in [6.45, 7) is 9.89. The molecule has 27 heavy (non-hydrogen) atoms. The SMILES string of the molecule is CCN1CCN(Cc2ccc(CNC(=O)NCc3ccccn3)cc2)CC1. The quantitative estimate of drug-likeness (QED) is 0.788. The predicted molar refractivity (Wildman–Crippen MR) is 107 cm³/mol. The van der Waals surface area contributed by atoms with E-state index < -0.39 is 0 Å². The summed E-state index contributed by atoms with van der Waals surface area (Å²) >= 11 is 0. The molecule has 0 bridgehead atoms. The molecule has 0 atom stereocenters. The number of urea groups is 1. The number of pyridine rings is 1. The van der Waals surface area contributed by atoms with Crippen LogP contribution in [-0.4, -0.2) is 53.5 Å². The molecule has 1 fully saturated rings. The Bertz CT molecular complexity index is 696. The van der Waals surface area contributed by atoms with Crippen molar-refractivity contribution in [2.24, 2.45) is 0 Å². The summed E-state index contributed by atoms with van der Waals surface area (Å²) in [7, 11) is 0. The van der Waals surface area contributed by atoms with Crippen LogP contribution in [0.2, 0.25) is 0 Å². The number of carbonyl (C=O) groups is 1. The molecule has 0 saturated carbocycles. The number of likely N-dealkylation sites (N-methyl/N-ethyl adjacent to an activating group) is 1. The van der Waals surface area contributed by atoms with E-state index in [2.05, 4.69) is 56.6 Å². The lowest BCUT2D eigenvalue weighted by Crippen LogP contribution is -2.45. The maximum absolute atomic E-state index is 11.9. The third kappa shape index (κ3) is 6.34. The number of nitrogens with one attached hydrogen (secondary N) is 2. The van der Waals surface area contributed by atoms with Crippen LogP contribution in [0.15, 0.2) is 48.7 Å². The van der Waals surface area contributed by atoms with E-state index in [9.17, 15) is 4.79 Å². The van der Waals surface area contributed by atoms with Gasteiger partial charge in [-0.25, -0.2) is 4.79 Å². The highest BCUT2D eigenvalue weighted by molar-refractivity contribution is 5.73. The number of aromatic nitrogens is 1. The van der Waals surface area contributed by atoms with Crippen molar-refractivity contribution >= 4 is 6.03 Å². The number of hydrogen-bond donors (Lipinski definition) is 2. The fourth-order valence-corrected chi connectivity index (χ4v) is 3.20. The third-order valence-electron chi connectivity index (χ3n) is 4.95. The fraction of sp³-hybridized carbons (Fsp3) is 0.429. The van der Waals surface area contributed by atoms with Gasteiger partial charge in [-0.15, -0.1) is 0 Å². The Labute approximate surface area is 161 Å². The Hall–Kier alpha value is -2.44. The van der Waals surface area contributed by atoms with Crippen molar-refractivity contribution in [2.45, 2.75) is 26.6 Å². The fourth-order valence-electron chi connectivity index (χ4n) is 3.20. The van der Waals surface area contributed by atoms with Crippen LogP contribution in [0.3, 0.4) is 0 Å². The van der Waals surface area contributed by atoms with Gasteiger partial charge in [0.1, 0.15) is 0 Å². The highest BCUT2D eigenvalue weighted by Gasteiger charge is 2.15. The lowest BCUT2D eigenvalue weighted by Gasteiger charge is -2.34. The van der Waals surface area contributed by atoms with Gasteiger partial charge in [-0.1, -0.05) is 37.3 Å². The Morgan fingerprint density at radius 2 is 1.59 bits per heavy atom. The van der Waals surface area contributed by atoms with Crippen LogP contribution in [0.5, 0.6) is 0 Å². The third-order valence-corrected chi connectivity index (χ3v) is 4.95. The average Bonchev–Trinajstić information content (AvgIpc) is 2.73. The molecule has 0 spiro atoms. The van der Waals surface area contributed by atoms with E-state index in [1.54, 1.807) is 6.20 Å². The number of rotatable bonds is 7. The molecule has 2 N–H and O–H groups in total. The minimum absolute atomic E-state index is 0.182. The van der Waals surface area contributed by atoms with Gasteiger partial charge in [-0.3, -0.25) is 9.88 Å². The summed E-state index contributed by atoms with van der Waals surface area (Å²) in [5.41, 5.74) is 3.27. The molecule has 2 heterocycles. The van der Waals surface area contributed by atoms with Gasteiger partial charge in [-0.2, -0.15) is 0 Å². The van der Waals surface area contributed by atoms with Gasteiger partial charge in [-0.05, 0) is 29.8 Å². The van der Waals surface area contributed by atoms with E-state index >= 15 is 0 Å². The van der Waals surface area contributed by atoms with E-state index in [4.69, 9.17) is 0 Å². The minimum atomic E-state index is -0.182. The first-order valence-electron chi connectivity index (χ1n) is 9.67. The van der Waals surface area contributed by atoms with Crippen LogP contribution in [0.25, 0.3) is 0 Å². The molecule has 1 aromatic heterocycles. The van der Waals surface area contributed by atoms with Crippen molar-refractivity contribution in [3.8, 4) is 0 Å².